The van der Waals surface area contributed by atoms with Crippen LogP contribution in [-0.4, -0.2) is 18.7 Å². The fourth-order valence-electron chi connectivity index (χ4n) is 2.19. The molecule has 20 heavy (non-hydrogen) atoms. The van der Waals surface area contributed by atoms with Gasteiger partial charge in [-0.15, -0.1) is 0 Å². The summed E-state index contributed by atoms with van der Waals surface area (Å²) in [5.41, 5.74) is 1.49. The van der Waals surface area contributed by atoms with Crippen molar-refractivity contribution in [2.45, 2.75) is 65.0 Å². The Hall–Kier alpha value is -1.02. The maximum atomic E-state index is 6.23. The maximum Gasteiger partial charge on any atom is 0.120 e. The molecule has 1 atom stereocenters. The average Bonchev–Trinajstić information content (AvgIpc) is 3.17. The molecule has 2 rings (SSSR count). The highest BCUT2D eigenvalue weighted by Gasteiger charge is 2.24. The Morgan fingerprint density at radius 2 is 1.95 bits per heavy atom. The molecule has 2 nitrogen and oxygen atoms in total. The molecule has 1 aromatic rings. The van der Waals surface area contributed by atoms with Gasteiger partial charge in [-0.25, -0.2) is 0 Å². The minimum Gasteiger partial charge on any atom is -0.489 e. The summed E-state index contributed by atoms with van der Waals surface area (Å²) in [5.74, 6) is 1.51. The van der Waals surface area contributed by atoms with Crippen LogP contribution < -0.4 is 10.1 Å². The monoisotopic (exact) mass is 275 g/mol. The second-order valence-electron chi connectivity index (χ2n) is 7.36. The number of rotatable bonds is 6. The lowest BCUT2D eigenvalue weighted by Gasteiger charge is -2.25. The summed E-state index contributed by atoms with van der Waals surface area (Å²) in [6.45, 7) is 12.1. The van der Waals surface area contributed by atoms with Crippen molar-refractivity contribution in [3.8, 4) is 5.75 Å². The molecule has 1 unspecified atom stereocenters. The Morgan fingerprint density at radius 1 is 1.25 bits per heavy atom. The third-order valence-corrected chi connectivity index (χ3v) is 3.92. The molecule has 2 heteroatoms. The van der Waals surface area contributed by atoms with Crippen LogP contribution in [0.5, 0.6) is 5.75 Å². The largest absolute Gasteiger partial charge is 0.489 e. The molecule has 1 N–H and O–H groups in total. The van der Waals surface area contributed by atoms with Gasteiger partial charge in [0.05, 0.1) is 0 Å². The highest BCUT2D eigenvalue weighted by atomic mass is 16.5. The van der Waals surface area contributed by atoms with Crippen LogP contribution in [0.3, 0.4) is 0 Å². The van der Waals surface area contributed by atoms with Crippen LogP contribution >= 0.6 is 0 Å². The predicted octanol–water partition coefficient (Wildman–Crippen LogP) is 4.14. The van der Waals surface area contributed by atoms with Crippen LogP contribution in [0, 0.1) is 5.92 Å². The van der Waals surface area contributed by atoms with Crippen LogP contribution in [-0.2, 0) is 5.41 Å². The van der Waals surface area contributed by atoms with Gasteiger partial charge in [0.1, 0.15) is 11.9 Å². The van der Waals surface area contributed by atoms with E-state index >= 15 is 0 Å². The first-order valence-electron chi connectivity index (χ1n) is 7.87. The molecule has 0 bridgehead atoms. The van der Waals surface area contributed by atoms with Gasteiger partial charge in [-0.2, -0.15) is 0 Å². The van der Waals surface area contributed by atoms with Crippen molar-refractivity contribution < 1.29 is 4.74 Å². The highest BCUT2D eigenvalue weighted by molar-refractivity contribution is 5.32. The zero-order valence-electron chi connectivity index (χ0n) is 13.6. The van der Waals surface area contributed by atoms with Crippen LogP contribution in [0.2, 0.25) is 0 Å². The van der Waals surface area contributed by atoms with Gasteiger partial charge in [0.2, 0.25) is 0 Å². The van der Waals surface area contributed by atoms with Gasteiger partial charge >= 0.3 is 0 Å². The summed E-state index contributed by atoms with van der Waals surface area (Å²) in [6, 6.07) is 9.27. The molecule has 1 fully saturated rings. The molecule has 0 radical (unpaired) electrons. The molecule has 112 valence electrons. The van der Waals surface area contributed by atoms with E-state index < -0.39 is 0 Å². The molecule has 0 aromatic heterocycles. The topological polar surface area (TPSA) is 21.3 Å². The number of hydrogen-bond donors (Lipinski definition) is 1. The molecule has 0 amide bonds. The Labute approximate surface area is 123 Å². The van der Waals surface area contributed by atoms with E-state index in [-0.39, 0.29) is 11.5 Å². The molecule has 0 aliphatic heterocycles. The molecule has 0 saturated heterocycles. The molecule has 1 aromatic carbocycles. The summed E-state index contributed by atoms with van der Waals surface area (Å²) >= 11 is 0. The first kappa shape index (κ1) is 15.4. The van der Waals surface area contributed by atoms with E-state index in [0.717, 1.165) is 18.3 Å². The van der Waals surface area contributed by atoms with Crippen molar-refractivity contribution in [3.05, 3.63) is 29.8 Å². The van der Waals surface area contributed by atoms with Crippen molar-refractivity contribution in [1.29, 1.82) is 0 Å². The van der Waals surface area contributed by atoms with E-state index in [1.54, 1.807) is 0 Å². The molecule has 0 heterocycles. The normalized spacial score (nSPS) is 17.3. The Balaban J connectivity index is 2.01. The van der Waals surface area contributed by atoms with Gasteiger partial charge in [0.15, 0.2) is 0 Å². The van der Waals surface area contributed by atoms with Gasteiger partial charge in [0, 0.05) is 12.6 Å². The molecular weight excluding hydrogens is 246 g/mol. The number of benzene rings is 1. The van der Waals surface area contributed by atoms with E-state index in [1.807, 2.05) is 0 Å². The molecule has 1 aliphatic rings. The summed E-state index contributed by atoms with van der Waals surface area (Å²) in [7, 11) is 0. The van der Waals surface area contributed by atoms with E-state index in [9.17, 15) is 0 Å². The zero-order valence-corrected chi connectivity index (χ0v) is 13.6. The van der Waals surface area contributed by atoms with E-state index in [2.05, 4.69) is 64.2 Å². The standard InChI is InChI=1S/C18H29NO/c1-13(2)17(12-19-15-9-10-15)20-16-8-6-7-14(11-16)18(3,4)5/h6-8,11,13,15,17,19H,9-10,12H2,1-5H3. The quantitative estimate of drug-likeness (QED) is 0.842. The summed E-state index contributed by atoms with van der Waals surface area (Å²) in [4.78, 5) is 0. The van der Waals surface area contributed by atoms with E-state index in [1.165, 1.54) is 18.4 Å². The highest BCUT2D eigenvalue weighted by Crippen LogP contribution is 2.27. The van der Waals surface area contributed by atoms with Crippen molar-refractivity contribution in [2.75, 3.05) is 6.54 Å². The molecule has 1 saturated carbocycles. The van der Waals surface area contributed by atoms with Gasteiger partial charge < -0.3 is 10.1 Å². The first-order chi connectivity index (χ1) is 9.36. The van der Waals surface area contributed by atoms with Crippen LogP contribution in [0.4, 0.5) is 0 Å². The van der Waals surface area contributed by atoms with Gasteiger partial charge in [-0.05, 0) is 41.9 Å². The second kappa shape index (κ2) is 6.17. The fraction of sp³-hybridized carbons (Fsp3) is 0.667. The van der Waals surface area contributed by atoms with Crippen molar-refractivity contribution in [3.63, 3.8) is 0 Å². The zero-order chi connectivity index (χ0) is 14.8. The molecule has 1 aliphatic carbocycles. The number of ether oxygens (including phenoxy) is 1. The van der Waals surface area contributed by atoms with Crippen molar-refractivity contribution >= 4 is 0 Å². The lowest BCUT2D eigenvalue weighted by molar-refractivity contribution is 0.148. The van der Waals surface area contributed by atoms with Crippen LogP contribution in [0.1, 0.15) is 53.0 Å². The average molecular weight is 275 g/mol. The van der Waals surface area contributed by atoms with Gasteiger partial charge in [-0.3, -0.25) is 0 Å². The minimum absolute atomic E-state index is 0.166. The smallest absolute Gasteiger partial charge is 0.120 e. The summed E-state index contributed by atoms with van der Waals surface area (Å²) < 4.78 is 6.23. The van der Waals surface area contributed by atoms with E-state index in [4.69, 9.17) is 4.74 Å². The maximum absolute atomic E-state index is 6.23. The first-order valence-corrected chi connectivity index (χ1v) is 7.87. The lowest BCUT2D eigenvalue weighted by Crippen LogP contribution is -2.36. The van der Waals surface area contributed by atoms with Crippen molar-refractivity contribution in [2.24, 2.45) is 5.92 Å². The van der Waals surface area contributed by atoms with Gasteiger partial charge in [-0.1, -0.05) is 46.8 Å². The Bertz CT molecular complexity index is 429. The third-order valence-electron chi connectivity index (χ3n) is 3.92. The second-order valence-corrected chi connectivity index (χ2v) is 7.36. The SMILES string of the molecule is CC(C)C(CNC1CC1)Oc1cccc(C(C)(C)C)c1. The third kappa shape index (κ3) is 4.52. The van der Waals surface area contributed by atoms with Crippen molar-refractivity contribution in [1.82, 2.24) is 5.32 Å². The number of hydrogen-bond acceptors (Lipinski definition) is 2. The fourth-order valence-corrected chi connectivity index (χ4v) is 2.19. The van der Waals surface area contributed by atoms with Crippen LogP contribution in [0.15, 0.2) is 24.3 Å². The Kier molecular flexibility index (Phi) is 4.74. The lowest BCUT2D eigenvalue weighted by atomic mass is 9.87. The predicted molar refractivity (Wildman–Crippen MR) is 85.4 cm³/mol. The number of nitrogens with one attached hydrogen (secondary N) is 1. The minimum atomic E-state index is 0.166. The Morgan fingerprint density at radius 3 is 2.50 bits per heavy atom. The van der Waals surface area contributed by atoms with E-state index in [0.29, 0.717) is 5.92 Å². The van der Waals surface area contributed by atoms with Crippen LogP contribution in [0.25, 0.3) is 0 Å². The molecule has 0 spiro atoms. The summed E-state index contributed by atoms with van der Waals surface area (Å²) in [6.07, 6.45) is 2.89. The van der Waals surface area contributed by atoms with Gasteiger partial charge in [0.25, 0.3) is 0 Å². The summed E-state index contributed by atoms with van der Waals surface area (Å²) in [5, 5.41) is 3.58. The molecular formula is C18H29NO.